The largest absolute Gasteiger partial charge is 0.368 e. The highest BCUT2D eigenvalue weighted by molar-refractivity contribution is 7.91. The third-order valence-corrected chi connectivity index (χ3v) is 4.43. The Morgan fingerprint density at radius 2 is 2.05 bits per heavy atom. The fourth-order valence-electron chi connectivity index (χ4n) is 1.45. The number of anilines is 1. The molecule has 0 bridgehead atoms. The fraction of sp³-hybridized carbons (Fsp3) is 0.583. The van der Waals surface area contributed by atoms with Gasteiger partial charge in [-0.15, -0.1) is 0 Å². The van der Waals surface area contributed by atoms with E-state index in [1.165, 1.54) is 0 Å². The number of amides is 1. The predicted molar refractivity (Wildman–Crippen MR) is 77.2 cm³/mol. The van der Waals surface area contributed by atoms with Gasteiger partial charge in [0, 0.05) is 18.0 Å². The summed E-state index contributed by atoms with van der Waals surface area (Å²) < 4.78 is 22.6. The summed E-state index contributed by atoms with van der Waals surface area (Å²) in [5.74, 6) is -0.338. The van der Waals surface area contributed by atoms with E-state index >= 15 is 0 Å². The lowest BCUT2D eigenvalue weighted by molar-refractivity contribution is 0.0951. The monoisotopic (exact) mass is 300 g/mol. The summed E-state index contributed by atoms with van der Waals surface area (Å²) in [5, 5.41) is 2.52. The van der Waals surface area contributed by atoms with Crippen LogP contribution < -0.4 is 11.1 Å². The number of hydrogen-bond donors (Lipinski definition) is 2. The number of sulfone groups is 1. The van der Waals surface area contributed by atoms with Gasteiger partial charge in [-0.3, -0.25) is 4.79 Å². The Hall–Kier alpha value is -1.70. The molecule has 0 saturated heterocycles. The second-order valence-electron chi connectivity index (χ2n) is 4.68. The zero-order valence-corrected chi connectivity index (χ0v) is 12.7. The number of carbonyl (C=O) groups excluding carboxylic acids is 1. The van der Waals surface area contributed by atoms with E-state index in [1.54, 1.807) is 13.0 Å². The van der Waals surface area contributed by atoms with Crippen molar-refractivity contribution in [3.05, 3.63) is 17.5 Å². The summed E-state index contributed by atoms with van der Waals surface area (Å²) in [7, 11) is -3.10. The average molecular weight is 300 g/mol. The molecule has 7 nitrogen and oxygen atoms in total. The summed E-state index contributed by atoms with van der Waals surface area (Å²) >= 11 is 0. The van der Waals surface area contributed by atoms with E-state index in [4.69, 9.17) is 5.73 Å². The van der Waals surface area contributed by atoms with Crippen molar-refractivity contribution in [2.24, 2.45) is 0 Å². The van der Waals surface area contributed by atoms with Crippen molar-refractivity contribution < 1.29 is 13.2 Å². The molecule has 1 amide bonds. The number of carbonyl (C=O) groups is 1. The van der Waals surface area contributed by atoms with Crippen LogP contribution in [0, 0.1) is 0 Å². The summed E-state index contributed by atoms with van der Waals surface area (Å²) in [6.07, 6.45) is 0. The zero-order chi connectivity index (χ0) is 15.3. The van der Waals surface area contributed by atoms with Crippen molar-refractivity contribution in [3.63, 3.8) is 0 Å². The average Bonchev–Trinajstić information content (AvgIpc) is 2.37. The quantitative estimate of drug-likeness (QED) is 0.783. The van der Waals surface area contributed by atoms with Crippen LogP contribution in [-0.4, -0.2) is 42.3 Å². The van der Waals surface area contributed by atoms with E-state index < -0.39 is 15.7 Å². The molecular weight excluding hydrogens is 280 g/mol. The van der Waals surface area contributed by atoms with E-state index in [1.807, 2.05) is 13.8 Å². The second-order valence-corrected chi connectivity index (χ2v) is 7.16. The van der Waals surface area contributed by atoms with Crippen molar-refractivity contribution in [1.82, 2.24) is 15.3 Å². The third kappa shape index (κ3) is 4.76. The minimum absolute atomic E-state index is 0.0301. The first kappa shape index (κ1) is 16.4. The van der Waals surface area contributed by atoms with Gasteiger partial charge in [-0.2, -0.15) is 0 Å². The van der Waals surface area contributed by atoms with Crippen LogP contribution in [0.25, 0.3) is 0 Å². The molecule has 0 spiro atoms. The van der Waals surface area contributed by atoms with Crippen molar-refractivity contribution >= 4 is 21.7 Å². The van der Waals surface area contributed by atoms with Crippen molar-refractivity contribution in [3.8, 4) is 0 Å². The van der Waals surface area contributed by atoms with E-state index in [0.717, 1.165) is 0 Å². The van der Waals surface area contributed by atoms with Crippen LogP contribution in [0.5, 0.6) is 0 Å². The molecule has 0 radical (unpaired) electrons. The molecule has 1 aromatic rings. The maximum absolute atomic E-state index is 11.9. The minimum atomic E-state index is -3.10. The molecule has 8 heteroatoms. The fourth-order valence-corrected chi connectivity index (χ4v) is 2.15. The third-order valence-electron chi connectivity index (χ3n) is 2.73. The molecule has 0 aliphatic carbocycles. The summed E-state index contributed by atoms with van der Waals surface area (Å²) in [6, 6.07) is 1.56. The molecule has 112 valence electrons. The number of aromatic nitrogens is 2. The van der Waals surface area contributed by atoms with Gasteiger partial charge in [-0.1, -0.05) is 20.8 Å². The Balaban J connectivity index is 2.73. The standard InChI is InChI=1S/C12H20N4O3S/c1-4-20(18,19)6-5-14-11(17)10-7-9(8(2)3)15-12(13)16-10/h7-8H,4-6H2,1-3H3,(H,14,17)(H2,13,15,16). The number of nitrogens with two attached hydrogens (primary N) is 1. The van der Waals surface area contributed by atoms with Gasteiger partial charge in [-0.25, -0.2) is 18.4 Å². The van der Waals surface area contributed by atoms with Gasteiger partial charge in [-0.05, 0) is 12.0 Å². The van der Waals surface area contributed by atoms with Crippen LogP contribution in [0.4, 0.5) is 5.95 Å². The van der Waals surface area contributed by atoms with Gasteiger partial charge in [0.2, 0.25) is 5.95 Å². The highest BCUT2D eigenvalue weighted by Gasteiger charge is 2.13. The van der Waals surface area contributed by atoms with Gasteiger partial charge in [0.15, 0.2) is 9.84 Å². The highest BCUT2D eigenvalue weighted by Crippen LogP contribution is 2.13. The van der Waals surface area contributed by atoms with Crippen LogP contribution >= 0.6 is 0 Å². The number of nitrogens with one attached hydrogen (secondary N) is 1. The molecule has 0 aromatic carbocycles. The maximum Gasteiger partial charge on any atom is 0.270 e. The normalized spacial score (nSPS) is 11.6. The molecule has 0 unspecified atom stereocenters. The summed E-state index contributed by atoms with van der Waals surface area (Å²) in [4.78, 5) is 19.8. The van der Waals surface area contributed by atoms with E-state index in [-0.39, 0.29) is 35.6 Å². The van der Waals surface area contributed by atoms with Gasteiger partial charge < -0.3 is 11.1 Å². The molecular formula is C12H20N4O3S. The van der Waals surface area contributed by atoms with E-state index in [0.29, 0.717) is 5.69 Å². The molecule has 0 fully saturated rings. The first-order valence-corrected chi connectivity index (χ1v) is 8.20. The van der Waals surface area contributed by atoms with E-state index in [9.17, 15) is 13.2 Å². The summed E-state index contributed by atoms with van der Waals surface area (Å²) in [6.45, 7) is 5.47. The zero-order valence-electron chi connectivity index (χ0n) is 11.9. The lowest BCUT2D eigenvalue weighted by Gasteiger charge is -2.09. The van der Waals surface area contributed by atoms with Crippen molar-refractivity contribution in [2.75, 3.05) is 23.8 Å². The first-order chi connectivity index (χ1) is 9.25. The topological polar surface area (TPSA) is 115 Å². The molecule has 1 aromatic heterocycles. The second kappa shape index (κ2) is 6.65. The Bertz CT molecular complexity index is 584. The minimum Gasteiger partial charge on any atom is -0.368 e. The SMILES string of the molecule is CCS(=O)(=O)CCNC(=O)c1cc(C(C)C)nc(N)n1. The van der Waals surface area contributed by atoms with Crippen LogP contribution in [0.2, 0.25) is 0 Å². The molecule has 0 aliphatic rings. The lowest BCUT2D eigenvalue weighted by Crippen LogP contribution is -2.30. The van der Waals surface area contributed by atoms with Gasteiger partial charge in [0.1, 0.15) is 5.69 Å². The number of nitrogen functional groups attached to an aromatic ring is 1. The number of rotatable bonds is 6. The Labute approximate surface area is 118 Å². The Morgan fingerprint density at radius 1 is 1.40 bits per heavy atom. The molecule has 3 N–H and O–H groups in total. The maximum atomic E-state index is 11.9. The molecule has 0 atom stereocenters. The molecule has 20 heavy (non-hydrogen) atoms. The smallest absolute Gasteiger partial charge is 0.270 e. The molecule has 1 rings (SSSR count). The number of hydrogen-bond acceptors (Lipinski definition) is 6. The van der Waals surface area contributed by atoms with Crippen LogP contribution in [0.15, 0.2) is 6.07 Å². The summed E-state index contributed by atoms with van der Waals surface area (Å²) in [5.41, 5.74) is 6.37. The van der Waals surface area contributed by atoms with Crippen LogP contribution in [0.1, 0.15) is 42.9 Å². The van der Waals surface area contributed by atoms with Gasteiger partial charge >= 0.3 is 0 Å². The van der Waals surface area contributed by atoms with E-state index in [2.05, 4.69) is 15.3 Å². The Morgan fingerprint density at radius 3 is 2.60 bits per heavy atom. The van der Waals surface area contributed by atoms with Gasteiger partial charge in [0.25, 0.3) is 5.91 Å². The van der Waals surface area contributed by atoms with Gasteiger partial charge in [0.05, 0.1) is 5.75 Å². The predicted octanol–water partition coefficient (Wildman–Crippen LogP) is 0.347. The number of nitrogens with zero attached hydrogens (tertiary/aromatic N) is 2. The van der Waals surface area contributed by atoms with Crippen LogP contribution in [-0.2, 0) is 9.84 Å². The lowest BCUT2D eigenvalue weighted by atomic mass is 10.1. The molecule has 0 aliphatic heterocycles. The molecule has 0 saturated carbocycles. The Kier molecular flexibility index (Phi) is 5.43. The van der Waals surface area contributed by atoms with Crippen molar-refractivity contribution in [1.29, 1.82) is 0 Å². The first-order valence-electron chi connectivity index (χ1n) is 6.38. The van der Waals surface area contributed by atoms with Crippen LogP contribution in [0.3, 0.4) is 0 Å². The van der Waals surface area contributed by atoms with Crippen molar-refractivity contribution in [2.45, 2.75) is 26.7 Å². The highest BCUT2D eigenvalue weighted by atomic mass is 32.2. The molecule has 1 heterocycles.